The summed E-state index contributed by atoms with van der Waals surface area (Å²) in [4.78, 5) is 7.53. The molecule has 2 aromatic heterocycles. The molecule has 3 rings (SSSR count). The van der Waals surface area contributed by atoms with E-state index in [0.717, 1.165) is 15.5 Å². The van der Waals surface area contributed by atoms with Crippen LogP contribution < -0.4 is 0 Å². The summed E-state index contributed by atoms with van der Waals surface area (Å²) >= 11 is 3.47. The molecule has 0 saturated heterocycles. The van der Waals surface area contributed by atoms with Crippen LogP contribution in [0.2, 0.25) is 0 Å². The summed E-state index contributed by atoms with van der Waals surface area (Å²) < 4.78 is 0.818. The first-order valence-electron chi connectivity index (χ1n) is 6.99. The van der Waals surface area contributed by atoms with Crippen molar-refractivity contribution in [3.05, 3.63) is 64.0 Å². The number of aryl methyl sites for hydroxylation is 1. The Bertz CT molecular complexity index is 749. The number of aliphatic hydroxyl groups excluding tert-OH is 1. The Morgan fingerprint density at radius 1 is 1.24 bits per heavy atom. The minimum Gasteiger partial charge on any atom is -0.396 e. The molecule has 0 amide bonds. The second-order valence-electron chi connectivity index (χ2n) is 5.24. The van der Waals surface area contributed by atoms with E-state index in [9.17, 15) is 5.11 Å². The summed E-state index contributed by atoms with van der Waals surface area (Å²) in [7, 11) is 0. The van der Waals surface area contributed by atoms with Crippen LogP contribution in [0.15, 0.2) is 47.3 Å². The number of aromatic nitrogens is 2. The molecule has 3 nitrogen and oxygen atoms in total. The average Bonchev–Trinajstić information content (AvgIpc) is 2.91. The molecule has 1 unspecified atom stereocenters. The highest BCUT2D eigenvalue weighted by Crippen LogP contribution is 2.34. The van der Waals surface area contributed by atoms with Crippen LogP contribution in [0.4, 0.5) is 0 Å². The van der Waals surface area contributed by atoms with Gasteiger partial charge in [0.05, 0.1) is 5.52 Å². The van der Waals surface area contributed by atoms with Crippen LogP contribution >= 0.6 is 15.9 Å². The molecule has 1 aromatic carbocycles. The number of aromatic amines is 1. The number of rotatable bonds is 4. The summed E-state index contributed by atoms with van der Waals surface area (Å²) in [5.74, 6) is 0.179. The maximum Gasteiger partial charge on any atom is 0.130 e. The first-order valence-corrected chi connectivity index (χ1v) is 7.79. The molecule has 0 bridgehead atoms. The summed E-state index contributed by atoms with van der Waals surface area (Å²) in [6.07, 6.45) is 4.53. The van der Waals surface area contributed by atoms with E-state index in [0.29, 0.717) is 6.42 Å². The molecule has 0 saturated carbocycles. The third-order valence-corrected chi connectivity index (χ3v) is 4.46. The number of nitrogens with one attached hydrogen (secondary N) is 1. The minimum absolute atomic E-state index is 0.164. The largest absolute Gasteiger partial charge is 0.396 e. The quantitative estimate of drug-likeness (QED) is 0.698. The molecular formula is C17H17BrN2O. The van der Waals surface area contributed by atoms with E-state index in [1.165, 1.54) is 16.7 Å². The summed E-state index contributed by atoms with van der Waals surface area (Å²) in [6, 6.07) is 10.5. The van der Waals surface area contributed by atoms with E-state index in [1.807, 2.05) is 12.3 Å². The van der Waals surface area contributed by atoms with Gasteiger partial charge in [0.15, 0.2) is 0 Å². The number of fused-ring (bicyclic) bond motifs is 1. The van der Waals surface area contributed by atoms with Gasteiger partial charge in [-0.3, -0.25) is 0 Å². The highest BCUT2D eigenvalue weighted by molar-refractivity contribution is 9.10. The molecule has 3 aromatic rings. The highest BCUT2D eigenvalue weighted by Gasteiger charge is 2.18. The van der Waals surface area contributed by atoms with Crippen molar-refractivity contribution in [1.82, 2.24) is 9.97 Å². The van der Waals surface area contributed by atoms with Crippen LogP contribution in [-0.2, 0) is 0 Å². The number of hydrogen-bond donors (Lipinski definition) is 2. The fraction of sp³-hybridized carbons (Fsp3) is 0.235. The lowest BCUT2D eigenvalue weighted by Gasteiger charge is -2.16. The van der Waals surface area contributed by atoms with Crippen LogP contribution in [0.3, 0.4) is 0 Å². The smallest absolute Gasteiger partial charge is 0.130 e. The Hall–Kier alpha value is -1.65. The normalized spacial score (nSPS) is 12.7. The third kappa shape index (κ3) is 2.74. The molecule has 0 aliphatic carbocycles. The van der Waals surface area contributed by atoms with Gasteiger partial charge in [-0.1, -0.05) is 29.8 Å². The number of halogens is 1. The van der Waals surface area contributed by atoms with Gasteiger partial charge in [-0.15, -0.1) is 0 Å². The van der Waals surface area contributed by atoms with Crippen LogP contribution in [0.1, 0.15) is 29.0 Å². The first kappa shape index (κ1) is 14.3. The molecule has 0 radical (unpaired) electrons. The lowest BCUT2D eigenvalue weighted by atomic mass is 9.88. The van der Waals surface area contributed by atoms with Gasteiger partial charge in [0.1, 0.15) is 4.60 Å². The van der Waals surface area contributed by atoms with Crippen LogP contribution in [-0.4, -0.2) is 21.7 Å². The molecule has 0 fully saturated rings. The molecule has 1 atom stereocenters. The summed E-state index contributed by atoms with van der Waals surface area (Å²) in [5.41, 5.74) is 4.67. The van der Waals surface area contributed by atoms with Gasteiger partial charge in [0.2, 0.25) is 0 Å². The Morgan fingerprint density at radius 2 is 2.00 bits per heavy atom. The SMILES string of the molecule is Cc1ccc(C(CCO)c2c[nH]c3c(Br)nccc23)cc1. The second-order valence-corrected chi connectivity index (χ2v) is 6.00. The van der Waals surface area contributed by atoms with Crippen molar-refractivity contribution in [3.8, 4) is 0 Å². The van der Waals surface area contributed by atoms with E-state index >= 15 is 0 Å². The molecule has 4 heteroatoms. The predicted octanol–water partition coefficient (Wildman–Crippen LogP) is 4.15. The van der Waals surface area contributed by atoms with E-state index in [1.54, 1.807) is 6.20 Å². The monoisotopic (exact) mass is 344 g/mol. The Kier molecular flexibility index (Phi) is 4.08. The molecule has 2 heterocycles. The third-order valence-electron chi connectivity index (χ3n) is 3.86. The van der Waals surface area contributed by atoms with Crippen molar-refractivity contribution in [2.75, 3.05) is 6.61 Å². The van der Waals surface area contributed by atoms with Crippen LogP contribution in [0, 0.1) is 6.92 Å². The first-order chi connectivity index (χ1) is 10.2. The van der Waals surface area contributed by atoms with E-state index in [2.05, 4.69) is 57.1 Å². The van der Waals surface area contributed by atoms with Crippen molar-refractivity contribution in [1.29, 1.82) is 0 Å². The van der Waals surface area contributed by atoms with Gasteiger partial charge in [0.25, 0.3) is 0 Å². The van der Waals surface area contributed by atoms with Crippen LogP contribution in [0.25, 0.3) is 10.9 Å². The fourth-order valence-electron chi connectivity index (χ4n) is 2.76. The zero-order valence-corrected chi connectivity index (χ0v) is 13.4. The Labute approximate surface area is 132 Å². The summed E-state index contributed by atoms with van der Waals surface area (Å²) in [6.45, 7) is 2.25. The number of pyridine rings is 1. The van der Waals surface area contributed by atoms with E-state index in [-0.39, 0.29) is 12.5 Å². The standard InChI is InChI=1S/C17H17BrN2O/c1-11-2-4-12(5-3-11)13(7-9-21)15-10-20-16-14(15)6-8-19-17(16)18/h2-6,8,10,13,20-21H,7,9H2,1H3. The molecule has 108 valence electrons. The Morgan fingerprint density at radius 3 is 2.71 bits per heavy atom. The predicted molar refractivity (Wildman–Crippen MR) is 88.5 cm³/mol. The van der Waals surface area contributed by atoms with Crippen molar-refractivity contribution in [2.24, 2.45) is 0 Å². The van der Waals surface area contributed by atoms with Crippen molar-refractivity contribution in [2.45, 2.75) is 19.3 Å². The Balaban J connectivity index is 2.11. The molecular weight excluding hydrogens is 328 g/mol. The van der Waals surface area contributed by atoms with Gasteiger partial charge in [-0.05, 0) is 46.5 Å². The molecule has 21 heavy (non-hydrogen) atoms. The molecule has 0 aliphatic rings. The average molecular weight is 345 g/mol. The summed E-state index contributed by atoms with van der Waals surface area (Å²) in [5, 5.41) is 10.6. The zero-order valence-electron chi connectivity index (χ0n) is 11.8. The topological polar surface area (TPSA) is 48.9 Å². The van der Waals surface area contributed by atoms with Gasteiger partial charge in [0, 0.05) is 30.3 Å². The maximum atomic E-state index is 9.45. The van der Waals surface area contributed by atoms with E-state index < -0.39 is 0 Å². The van der Waals surface area contributed by atoms with Gasteiger partial charge in [-0.25, -0.2) is 4.98 Å². The second kappa shape index (κ2) is 6.00. The van der Waals surface area contributed by atoms with Crippen molar-refractivity contribution in [3.63, 3.8) is 0 Å². The maximum absolute atomic E-state index is 9.45. The number of nitrogens with zero attached hydrogens (tertiary/aromatic N) is 1. The van der Waals surface area contributed by atoms with Gasteiger partial charge >= 0.3 is 0 Å². The number of H-pyrrole nitrogens is 1. The fourth-order valence-corrected chi connectivity index (χ4v) is 3.21. The van der Waals surface area contributed by atoms with Crippen LogP contribution in [0.5, 0.6) is 0 Å². The molecule has 2 N–H and O–H groups in total. The number of hydrogen-bond acceptors (Lipinski definition) is 2. The molecule has 0 aliphatic heterocycles. The lowest BCUT2D eigenvalue weighted by molar-refractivity contribution is 0.282. The highest BCUT2D eigenvalue weighted by atomic mass is 79.9. The number of benzene rings is 1. The number of aliphatic hydroxyl groups is 1. The lowest BCUT2D eigenvalue weighted by Crippen LogP contribution is -2.03. The minimum atomic E-state index is 0.164. The van der Waals surface area contributed by atoms with Gasteiger partial charge in [-0.2, -0.15) is 0 Å². The van der Waals surface area contributed by atoms with Gasteiger partial charge < -0.3 is 10.1 Å². The zero-order chi connectivity index (χ0) is 14.8. The van der Waals surface area contributed by atoms with E-state index in [4.69, 9.17) is 0 Å². The molecule has 0 spiro atoms. The van der Waals surface area contributed by atoms with Crippen molar-refractivity contribution >= 4 is 26.8 Å². The van der Waals surface area contributed by atoms with Crippen molar-refractivity contribution < 1.29 is 5.11 Å².